The van der Waals surface area contributed by atoms with Crippen LogP contribution in [0.15, 0.2) is 72.8 Å². The summed E-state index contributed by atoms with van der Waals surface area (Å²) in [5.41, 5.74) is 4.25. The molecule has 2 aliphatic heterocycles. The smallest absolute Gasteiger partial charge is 0.345 e. The molecule has 3 aromatic carbocycles. The Kier molecular flexibility index (Phi) is 7.47. The summed E-state index contributed by atoms with van der Waals surface area (Å²) in [7, 11) is 0. The van der Waals surface area contributed by atoms with Crippen LogP contribution in [0.1, 0.15) is 55.4 Å². The molecule has 204 valence electrons. The molecular formula is C31H28ClN3O4S. The Morgan fingerprint density at radius 2 is 1.85 bits per heavy atom. The average molecular weight is 574 g/mol. The van der Waals surface area contributed by atoms with Gasteiger partial charge in [-0.3, -0.25) is 9.69 Å². The average Bonchev–Trinajstić information content (AvgIpc) is 3.33. The molecule has 7 nitrogen and oxygen atoms in total. The number of amides is 1. The number of benzene rings is 3. The lowest BCUT2D eigenvalue weighted by Crippen LogP contribution is -2.38. The second kappa shape index (κ2) is 11.3. The first-order valence-electron chi connectivity index (χ1n) is 13.2. The lowest BCUT2D eigenvalue weighted by molar-refractivity contribution is 0.0728. The van der Waals surface area contributed by atoms with E-state index in [1.54, 1.807) is 47.7 Å². The highest BCUT2D eigenvalue weighted by atomic mass is 35.5. The summed E-state index contributed by atoms with van der Waals surface area (Å²) in [6.07, 6.45) is 0.390. The van der Waals surface area contributed by atoms with Crippen molar-refractivity contribution < 1.29 is 19.1 Å². The minimum absolute atomic E-state index is 0.0834. The zero-order chi connectivity index (χ0) is 27.6. The van der Waals surface area contributed by atoms with Crippen LogP contribution in [-0.4, -0.2) is 29.9 Å². The maximum Gasteiger partial charge on any atom is 0.345 e. The number of thiophene rings is 1. The number of nitrogens with zero attached hydrogens (tertiary/aromatic N) is 1. The number of rotatable bonds is 7. The van der Waals surface area contributed by atoms with Gasteiger partial charge in [0.1, 0.15) is 11.2 Å². The van der Waals surface area contributed by atoms with E-state index in [4.69, 9.17) is 21.1 Å². The van der Waals surface area contributed by atoms with E-state index in [2.05, 4.69) is 39.8 Å². The molecule has 1 amide bonds. The van der Waals surface area contributed by atoms with Crippen LogP contribution >= 0.6 is 22.9 Å². The number of nitrogens with one attached hydrogen (secondary N) is 2. The van der Waals surface area contributed by atoms with Crippen LogP contribution in [0, 0.1) is 0 Å². The molecule has 4 aromatic rings. The molecule has 40 heavy (non-hydrogen) atoms. The number of ether oxygens (including phenoxy) is 2. The van der Waals surface area contributed by atoms with Crippen molar-refractivity contribution in [2.75, 3.05) is 18.5 Å². The maximum absolute atomic E-state index is 13.3. The van der Waals surface area contributed by atoms with Gasteiger partial charge in [-0.25, -0.2) is 4.79 Å². The molecule has 1 atom stereocenters. The van der Waals surface area contributed by atoms with Crippen molar-refractivity contribution >= 4 is 39.8 Å². The summed E-state index contributed by atoms with van der Waals surface area (Å²) in [6, 6.07) is 22.5. The SMILES string of the molecule is CCOc1cc(C2NC(=O)c3c(sc4c3CCN(Cc3ccccc3)C4)N2)ccc1OC(=O)c1ccccc1Cl. The van der Waals surface area contributed by atoms with Crippen LogP contribution in [0.3, 0.4) is 0 Å². The molecule has 0 saturated heterocycles. The number of fused-ring (bicyclic) bond motifs is 3. The molecule has 0 fully saturated rings. The number of hydrogen-bond donors (Lipinski definition) is 2. The van der Waals surface area contributed by atoms with E-state index in [9.17, 15) is 9.59 Å². The second-order valence-electron chi connectivity index (χ2n) is 9.71. The number of hydrogen-bond acceptors (Lipinski definition) is 7. The fraction of sp³-hybridized carbons (Fsp3) is 0.226. The van der Waals surface area contributed by atoms with E-state index in [1.807, 2.05) is 19.1 Å². The topological polar surface area (TPSA) is 79.9 Å². The van der Waals surface area contributed by atoms with Crippen LogP contribution in [0.5, 0.6) is 11.5 Å². The summed E-state index contributed by atoms with van der Waals surface area (Å²) in [5, 5.41) is 7.81. The fourth-order valence-electron chi connectivity index (χ4n) is 5.15. The highest BCUT2D eigenvalue weighted by Gasteiger charge is 2.33. The molecule has 0 radical (unpaired) electrons. The lowest BCUT2D eigenvalue weighted by Gasteiger charge is -2.29. The van der Waals surface area contributed by atoms with Gasteiger partial charge in [-0.1, -0.05) is 60.1 Å². The highest BCUT2D eigenvalue weighted by molar-refractivity contribution is 7.16. The van der Waals surface area contributed by atoms with E-state index in [-0.39, 0.29) is 17.2 Å². The molecule has 3 heterocycles. The largest absolute Gasteiger partial charge is 0.490 e. The van der Waals surface area contributed by atoms with E-state index in [1.165, 1.54) is 10.4 Å². The molecule has 1 aromatic heterocycles. The first kappa shape index (κ1) is 26.4. The minimum Gasteiger partial charge on any atom is -0.490 e. The third-order valence-electron chi connectivity index (χ3n) is 7.06. The van der Waals surface area contributed by atoms with Crippen molar-refractivity contribution in [2.24, 2.45) is 0 Å². The summed E-state index contributed by atoms with van der Waals surface area (Å²) in [4.78, 5) is 29.7. The van der Waals surface area contributed by atoms with Crippen LogP contribution in [-0.2, 0) is 19.5 Å². The quantitative estimate of drug-likeness (QED) is 0.196. The maximum atomic E-state index is 13.3. The van der Waals surface area contributed by atoms with Gasteiger partial charge >= 0.3 is 5.97 Å². The summed E-state index contributed by atoms with van der Waals surface area (Å²) in [6.45, 7) is 4.86. The standard InChI is InChI=1S/C31H28ClN3O4S/c1-2-38-25-16-20(12-13-24(25)39-31(37)21-10-6-7-11-23(21)32)28-33-29(36)27-22-14-15-35(17-19-8-4-3-5-9-19)18-26(22)40-30(27)34-28/h3-13,16,28,34H,2,14-15,17-18H2,1H3,(H,33,36). The van der Waals surface area contributed by atoms with Gasteiger partial charge in [0.25, 0.3) is 5.91 Å². The van der Waals surface area contributed by atoms with Gasteiger partial charge in [0.15, 0.2) is 11.5 Å². The molecule has 2 aliphatic rings. The van der Waals surface area contributed by atoms with Crippen molar-refractivity contribution in [3.05, 3.63) is 111 Å². The van der Waals surface area contributed by atoms with Gasteiger partial charge in [0.2, 0.25) is 0 Å². The second-order valence-corrected chi connectivity index (χ2v) is 11.2. The molecule has 9 heteroatoms. The Morgan fingerprint density at radius 1 is 1.05 bits per heavy atom. The normalized spacial score (nSPS) is 16.4. The van der Waals surface area contributed by atoms with Crippen LogP contribution in [0.25, 0.3) is 0 Å². The Hall–Kier alpha value is -3.85. The van der Waals surface area contributed by atoms with E-state index >= 15 is 0 Å². The van der Waals surface area contributed by atoms with Crippen LogP contribution in [0.2, 0.25) is 5.02 Å². The number of anilines is 1. The minimum atomic E-state index is -0.571. The predicted octanol–water partition coefficient (Wildman–Crippen LogP) is 6.43. The third kappa shape index (κ3) is 5.30. The molecule has 0 saturated carbocycles. The van der Waals surface area contributed by atoms with Crippen LogP contribution in [0.4, 0.5) is 5.00 Å². The number of esters is 1. The Bertz CT molecular complexity index is 1570. The van der Waals surface area contributed by atoms with Crippen molar-refractivity contribution in [1.82, 2.24) is 10.2 Å². The summed E-state index contributed by atoms with van der Waals surface area (Å²) in [5.74, 6) is 0.0335. The van der Waals surface area contributed by atoms with E-state index in [0.717, 1.165) is 47.7 Å². The first-order chi connectivity index (χ1) is 19.5. The molecule has 0 spiro atoms. The fourth-order valence-corrected chi connectivity index (χ4v) is 6.68. The zero-order valence-electron chi connectivity index (χ0n) is 21.9. The van der Waals surface area contributed by atoms with Gasteiger partial charge in [-0.2, -0.15) is 0 Å². The third-order valence-corrected chi connectivity index (χ3v) is 8.54. The van der Waals surface area contributed by atoms with Crippen molar-refractivity contribution in [2.45, 2.75) is 32.6 Å². The number of carbonyl (C=O) groups excluding carboxylic acids is 2. The molecule has 0 aliphatic carbocycles. The molecular weight excluding hydrogens is 546 g/mol. The van der Waals surface area contributed by atoms with Gasteiger partial charge in [0.05, 0.1) is 22.8 Å². The van der Waals surface area contributed by atoms with Crippen molar-refractivity contribution in [3.63, 3.8) is 0 Å². The van der Waals surface area contributed by atoms with Gasteiger partial charge in [0, 0.05) is 24.5 Å². The number of carbonyl (C=O) groups is 2. The Morgan fingerprint density at radius 3 is 2.65 bits per heavy atom. The molecule has 2 N–H and O–H groups in total. The Balaban J connectivity index is 1.21. The first-order valence-corrected chi connectivity index (χ1v) is 14.4. The van der Waals surface area contributed by atoms with Gasteiger partial charge in [-0.15, -0.1) is 11.3 Å². The van der Waals surface area contributed by atoms with Crippen LogP contribution < -0.4 is 20.1 Å². The summed E-state index contributed by atoms with van der Waals surface area (Å²) >= 11 is 7.82. The monoisotopic (exact) mass is 573 g/mol. The summed E-state index contributed by atoms with van der Waals surface area (Å²) < 4.78 is 11.4. The Labute approximate surface area is 241 Å². The van der Waals surface area contributed by atoms with Gasteiger partial charge in [-0.05, 0) is 54.3 Å². The predicted molar refractivity (Wildman–Crippen MR) is 156 cm³/mol. The molecule has 1 unspecified atom stereocenters. The lowest BCUT2D eigenvalue weighted by atomic mass is 10.00. The van der Waals surface area contributed by atoms with Gasteiger partial charge < -0.3 is 20.1 Å². The number of halogens is 1. The van der Waals surface area contributed by atoms with E-state index in [0.29, 0.717) is 17.4 Å². The highest BCUT2D eigenvalue weighted by Crippen LogP contribution is 2.42. The zero-order valence-corrected chi connectivity index (χ0v) is 23.5. The van der Waals surface area contributed by atoms with Crippen molar-refractivity contribution in [1.29, 1.82) is 0 Å². The van der Waals surface area contributed by atoms with Crippen molar-refractivity contribution in [3.8, 4) is 11.5 Å². The molecule has 6 rings (SSSR count). The van der Waals surface area contributed by atoms with E-state index < -0.39 is 12.1 Å². The molecule has 0 bridgehead atoms.